The molecule has 1 aromatic rings. The van der Waals surface area contributed by atoms with Gasteiger partial charge in [-0.2, -0.15) is 0 Å². The molecule has 1 heterocycles. The minimum Gasteiger partial charge on any atom is -0.489 e. The quantitative estimate of drug-likeness (QED) is 0.860. The summed E-state index contributed by atoms with van der Waals surface area (Å²) in [4.78, 5) is 14.1. The van der Waals surface area contributed by atoms with Gasteiger partial charge in [0.15, 0.2) is 0 Å². The molecular formula is C17H24N2O3S. The van der Waals surface area contributed by atoms with Crippen molar-refractivity contribution in [2.45, 2.75) is 25.5 Å². The number of benzene rings is 1. The van der Waals surface area contributed by atoms with Crippen LogP contribution in [-0.2, 0) is 10.8 Å². The zero-order valence-corrected chi connectivity index (χ0v) is 14.7. The van der Waals surface area contributed by atoms with Crippen LogP contribution in [0.4, 0.5) is 10.5 Å². The van der Waals surface area contributed by atoms with Crippen molar-refractivity contribution in [2.24, 2.45) is 0 Å². The smallest absolute Gasteiger partial charge is 0.321 e. The summed E-state index contributed by atoms with van der Waals surface area (Å²) in [6.45, 7) is 11.0. The second-order valence-corrected chi connectivity index (χ2v) is 8.64. The van der Waals surface area contributed by atoms with E-state index in [2.05, 4.69) is 11.9 Å². The predicted molar refractivity (Wildman–Crippen MR) is 94.4 cm³/mol. The molecule has 0 saturated carbocycles. The fourth-order valence-electron chi connectivity index (χ4n) is 2.33. The lowest BCUT2D eigenvalue weighted by Gasteiger charge is -2.37. The van der Waals surface area contributed by atoms with Crippen LogP contribution in [0.1, 0.15) is 20.8 Å². The van der Waals surface area contributed by atoms with Crippen molar-refractivity contribution >= 4 is 22.5 Å². The van der Waals surface area contributed by atoms with Gasteiger partial charge >= 0.3 is 6.03 Å². The van der Waals surface area contributed by atoms with E-state index in [-0.39, 0.29) is 10.8 Å². The standard InChI is InChI=1S/C17H24N2O3S/c1-13(2)11-22-15-7-5-6-14(10-15)18-16(20)19-8-9-23(21)17(3,4)12-19/h5-7,10H,1,8-9,11-12H2,2-4H3,(H,18,20)/t23-/m1/s1. The normalized spacial score (nSPS) is 20.0. The highest BCUT2D eigenvalue weighted by molar-refractivity contribution is 7.86. The minimum atomic E-state index is -0.895. The summed E-state index contributed by atoms with van der Waals surface area (Å²) < 4.78 is 17.1. The maximum Gasteiger partial charge on any atom is 0.321 e. The number of urea groups is 1. The Labute approximate surface area is 140 Å². The zero-order valence-electron chi connectivity index (χ0n) is 13.9. The molecule has 5 nitrogen and oxygen atoms in total. The number of carbonyl (C=O) groups is 1. The van der Waals surface area contributed by atoms with Gasteiger partial charge in [0.05, 0.1) is 4.75 Å². The lowest BCUT2D eigenvalue weighted by atomic mass is 10.2. The molecule has 6 heteroatoms. The molecule has 1 fully saturated rings. The first-order valence-corrected chi connectivity index (χ1v) is 8.91. The number of anilines is 1. The lowest BCUT2D eigenvalue weighted by Crippen LogP contribution is -2.53. The monoisotopic (exact) mass is 336 g/mol. The van der Waals surface area contributed by atoms with E-state index in [0.29, 0.717) is 36.9 Å². The number of hydrogen-bond donors (Lipinski definition) is 1. The Kier molecular flexibility index (Phi) is 5.46. The number of nitrogens with one attached hydrogen (secondary N) is 1. The minimum absolute atomic E-state index is 0.174. The van der Waals surface area contributed by atoms with Crippen LogP contribution in [0.15, 0.2) is 36.4 Å². The zero-order chi connectivity index (χ0) is 17.0. The van der Waals surface area contributed by atoms with E-state index in [9.17, 15) is 9.00 Å². The third-order valence-electron chi connectivity index (χ3n) is 3.59. The van der Waals surface area contributed by atoms with Crippen molar-refractivity contribution in [2.75, 3.05) is 30.8 Å². The van der Waals surface area contributed by atoms with Gasteiger partial charge in [-0.15, -0.1) is 0 Å². The molecule has 2 rings (SSSR count). The molecule has 126 valence electrons. The number of hydrogen-bond acceptors (Lipinski definition) is 3. The molecule has 0 unspecified atom stereocenters. The molecule has 0 spiro atoms. The largest absolute Gasteiger partial charge is 0.489 e. The summed E-state index contributed by atoms with van der Waals surface area (Å²) in [5.74, 6) is 1.20. The molecule has 1 aromatic carbocycles. The summed E-state index contributed by atoms with van der Waals surface area (Å²) in [5.41, 5.74) is 1.61. The summed E-state index contributed by atoms with van der Waals surface area (Å²) in [5, 5.41) is 2.88. The van der Waals surface area contributed by atoms with E-state index < -0.39 is 10.8 Å². The average Bonchev–Trinajstić information content (AvgIpc) is 2.48. The van der Waals surface area contributed by atoms with Crippen LogP contribution in [0, 0.1) is 0 Å². The fraction of sp³-hybridized carbons (Fsp3) is 0.471. The van der Waals surface area contributed by atoms with Gasteiger partial charge in [-0.1, -0.05) is 12.6 Å². The van der Waals surface area contributed by atoms with E-state index in [4.69, 9.17) is 4.74 Å². The molecule has 1 atom stereocenters. The molecule has 1 aliphatic rings. The van der Waals surface area contributed by atoms with Gasteiger partial charge in [0.25, 0.3) is 0 Å². The molecule has 2 amide bonds. The third kappa shape index (κ3) is 4.82. The van der Waals surface area contributed by atoms with Gasteiger partial charge in [0, 0.05) is 41.4 Å². The van der Waals surface area contributed by atoms with Crippen LogP contribution in [-0.4, -0.2) is 45.3 Å². The number of ether oxygens (including phenoxy) is 1. The van der Waals surface area contributed by atoms with Crippen molar-refractivity contribution in [1.82, 2.24) is 4.90 Å². The van der Waals surface area contributed by atoms with E-state index in [0.717, 1.165) is 5.57 Å². The Bertz CT molecular complexity index is 628. The number of rotatable bonds is 4. The van der Waals surface area contributed by atoms with Gasteiger partial charge in [0.1, 0.15) is 12.4 Å². The Morgan fingerprint density at radius 3 is 2.87 bits per heavy atom. The molecule has 23 heavy (non-hydrogen) atoms. The molecule has 1 saturated heterocycles. The Balaban J connectivity index is 1.99. The average molecular weight is 336 g/mol. The molecule has 1 N–H and O–H groups in total. The van der Waals surface area contributed by atoms with Crippen molar-refractivity contribution in [1.29, 1.82) is 0 Å². The maximum atomic E-state index is 12.4. The van der Waals surface area contributed by atoms with Crippen molar-refractivity contribution in [3.05, 3.63) is 36.4 Å². The number of carbonyl (C=O) groups excluding carboxylic acids is 1. The van der Waals surface area contributed by atoms with E-state index in [1.54, 1.807) is 11.0 Å². The van der Waals surface area contributed by atoms with Crippen LogP contribution < -0.4 is 10.1 Å². The molecular weight excluding hydrogens is 312 g/mol. The first kappa shape index (κ1) is 17.5. The second kappa shape index (κ2) is 7.17. The highest BCUT2D eigenvalue weighted by Gasteiger charge is 2.35. The third-order valence-corrected chi connectivity index (χ3v) is 5.51. The Morgan fingerprint density at radius 2 is 2.22 bits per heavy atom. The van der Waals surface area contributed by atoms with Gasteiger partial charge in [-0.3, -0.25) is 4.21 Å². The summed E-state index contributed by atoms with van der Waals surface area (Å²) in [6, 6.07) is 7.10. The van der Waals surface area contributed by atoms with Gasteiger partial charge in [-0.25, -0.2) is 4.79 Å². The van der Waals surface area contributed by atoms with E-state index in [1.807, 2.05) is 39.0 Å². The predicted octanol–water partition coefficient (Wildman–Crippen LogP) is 3.02. The summed E-state index contributed by atoms with van der Waals surface area (Å²) in [6.07, 6.45) is 0. The highest BCUT2D eigenvalue weighted by atomic mass is 32.2. The number of nitrogens with zero attached hydrogens (tertiary/aromatic N) is 1. The Morgan fingerprint density at radius 1 is 1.48 bits per heavy atom. The molecule has 0 radical (unpaired) electrons. The van der Waals surface area contributed by atoms with Crippen LogP contribution in [0.25, 0.3) is 0 Å². The summed E-state index contributed by atoms with van der Waals surface area (Å²) in [7, 11) is -0.895. The molecule has 0 aliphatic carbocycles. The first-order chi connectivity index (χ1) is 10.8. The molecule has 0 bridgehead atoms. The van der Waals surface area contributed by atoms with Crippen LogP contribution in [0.5, 0.6) is 5.75 Å². The van der Waals surface area contributed by atoms with Gasteiger partial charge in [-0.05, 0) is 38.5 Å². The van der Waals surface area contributed by atoms with Crippen LogP contribution in [0.2, 0.25) is 0 Å². The lowest BCUT2D eigenvalue weighted by molar-refractivity contribution is 0.207. The maximum absolute atomic E-state index is 12.4. The van der Waals surface area contributed by atoms with Gasteiger partial charge < -0.3 is 15.0 Å². The molecule has 0 aromatic heterocycles. The van der Waals surface area contributed by atoms with Crippen molar-refractivity contribution < 1.29 is 13.7 Å². The van der Waals surface area contributed by atoms with Crippen molar-refractivity contribution in [3.8, 4) is 5.75 Å². The van der Waals surface area contributed by atoms with Crippen LogP contribution in [0.3, 0.4) is 0 Å². The fourth-order valence-corrected chi connectivity index (χ4v) is 3.56. The molecule has 1 aliphatic heterocycles. The first-order valence-electron chi connectivity index (χ1n) is 7.59. The van der Waals surface area contributed by atoms with E-state index >= 15 is 0 Å². The number of amides is 2. The highest BCUT2D eigenvalue weighted by Crippen LogP contribution is 2.22. The SMILES string of the molecule is C=C(C)COc1cccc(NC(=O)N2CC[S@@](=O)C(C)(C)C2)c1. The second-order valence-electron chi connectivity index (χ2n) is 6.43. The topological polar surface area (TPSA) is 58.6 Å². The van der Waals surface area contributed by atoms with Crippen molar-refractivity contribution in [3.63, 3.8) is 0 Å². The van der Waals surface area contributed by atoms with E-state index in [1.165, 1.54) is 0 Å². The van der Waals surface area contributed by atoms with Crippen LogP contribution >= 0.6 is 0 Å². The Hall–Kier alpha value is -1.82. The van der Waals surface area contributed by atoms with Gasteiger partial charge in [0.2, 0.25) is 0 Å². The summed E-state index contributed by atoms with van der Waals surface area (Å²) >= 11 is 0.